The van der Waals surface area contributed by atoms with Gasteiger partial charge >= 0.3 is 0 Å². The third-order valence-corrected chi connectivity index (χ3v) is 4.08. The average Bonchev–Trinajstić information content (AvgIpc) is 2.49. The van der Waals surface area contributed by atoms with Crippen molar-refractivity contribution in [3.8, 4) is 5.88 Å². The zero-order valence-electron chi connectivity index (χ0n) is 13.6. The van der Waals surface area contributed by atoms with Crippen molar-refractivity contribution in [3.63, 3.8) is 0 Å². The molecule has 5 nitrogen and oxygen atoms in total. The second-order valence-corrected chi connectivity index (χ2v) is 5.73. The molecular weight excluding hydrogens is 264 g/mol. The number of hydrogen-bond acceptors (Lipinski definition) is 5. The number of likely N-dealkylation sites (tertiary alicyclic amines) is 1. The number of anilines is 1. The average molecular weight is 292 g/mol. The molecule has 118 valence electrons. The SMILES string of the molecule is CCCc1c(NCC)ncnc1OCC1CCCCN1C. The summed E-state index contributed by atoms with van der Waals surface area (Å²) in [5, 5.41) is 3.31. The Kier molecular flexibility index (Phi) is 6.23. The van der Waals surface area contributed by atoms with Crippen LogP contribution in [-0.4, -0.2) is 47.7 Å². The Labute approximate surface area is 128 Å². The molecule has 0 aliphatic carbocycles. The largest absolute Gasteiger partial charge is 0.476 e. The molecule has 1 saturated heterocycles. The van der Waals surface area contributed by atoms with E-state index in [1.165, 1.54) is 25.8 Å². The molecule has 2 rings (SSSR count). The Morgan fingerprint density at radius 3 is 2.90 bits per heavy atom. The Morgan fingerprint density at radius 2 is 2.19 bits per heavy atom. The molecule has 1 aromatic rings. The number of nitrogens with zero attached hydrogens (tertiary/aromatic N) is 3. The predicted octanol–water partition coefficient (Wildman–Crippen LogP) is 2.72. The van der Waals surface area contributed by atoms with Gasteiger partial charge in [0.25, 0.3) is 0 Å². The van der Waals surface area contributed by atoms with E-state index >= 15 is 0 Å². The molecule has 1 N–H and O–H groups in total. The van der Waals surface area contributed by atoms with Crippen molar-refractivity contribution < 1.29 is 4.74 Å². The first kappa shape index (κ1) is 16.0. The maximum Gasteiger partial charge on any atom is 0.221 e. The van der Waals surface area contributed by atoms with Crippen LogP contribution >= 0.6 is 0 Å². The molecule has 1 aliphatic rings. The van der Waals surface area contributed by atoms with Crippen molar-refractivity contribution in [2.75, 3.05) is 32.1 Å². The van der Waals surface area contributed by atoms with Gasteiger partial charge in [0.05, 0.1) is 5.56 Å². The van der Waals surface area contributed by atoms with Crippen LogP contribution in [0.15, 0.2) is 6.33 Å². The highest BCUT2D eigenvalue weighted by molar-refractivity contribution is 5.48. The molecule has 0 spiro atoms. The van der Waals surface area contributed by atoms with Gasteiger partial charge in [-0.1, -0.05) is 19.8 Å². The number of rotatable bonds is 7. The zero-order valence-corrected chi connectivity index (χ0v) is 13.6. The summed E-state index contributed by atoms with van der Waals surface area (Å²) in [6, 6.07) is 0.505. The summed E-state index contributed by atoms with van der Waals surface area (Å²) >= 11 is 0. The Hall–Kier alpha value is -1.36. The van der Waals surface area contributed by atoms with Crippen LogP contribution in [0.25, 0.3) is 0 Å². The number of hydrogen-bond donors (Lipinski definition) is 1. The van der Waals surface area contributed by atoms with Gasteiger partial charge in [-0.3, -0.25) is 0 Å². The smallest absolute Gasteiger partial charge is 0.221 e. The summed E-state index contributed by atoms with van der Waals surface area (Å²) in [4.78, 5) is 11.1. The summed E-state index contributed by atoms with van der Waals surface area (Å²) in [5.41, 5.74) is 1.11. The van der Waals surface area contributed by atoms with E-state index in [0.717, 1.165) is 43.3 Å². The maximum absolute atomic E-state index is 6.05. The van der Waals surface area contributed by atoms with E-state index in [1.54, 1.807) is 6.33 Å². The molecule has 0 bridgehead atoms. The van der Waals surface area contributed by atoms with Crippen LogP contribution in [0.1, 0.15) is 45.1 Å². The lowest BCUT2D eigenvalue weighted by atomic mass is 10.0. The minimum atomic E-state index is 0.505. The summed E-state index contributed by atoms with van der Waals surface area (Å²) in [5.74, 6) is 1.67. The van der Waals surface area contributed by atoms with Crippen molar-refractivity contribution in [1.82, 2.24) is 14.9 Å². The second kappa shape index (κ2) is 8.17. The van der Waals surface area contributed by atoms with Gasteiger partial charge in [-0.15, -0.1) is 0 Å². The Morgan fingerprint density at radius 1 is 1.33 bits per heavy atom. The third kappa shape index (κ3) is 4.30. The fourth-order valence-electron chi connectivity index (χ4n) is 2.85. The van der Waals surface area contributed by atoms with E-state index < -0.39 is 0 Å². The summed E-state index contributed by atoms with van der Waals surface area (Å²) in [6.07, 6.45) is 7.41. The zero-order chi connectivity index (χ0) is 15.1. The first-order valence-corrected chi connectivity index (χ1v) is 8.17. The molecule has 1 atom stereocenters. The van der Waals surface area contributed by atoms with Crippen LogP contribution in [-0.2, 0) is 6.42 Å². The van der Waals surface area contributed by atoms with Gasteiger partial charge in [-0.2, -0.15) is 0 Å². The van der Waals surface area contributed by atoms with Crippen LogP contribution in [0.4, 0.5) is 5.82 Å². The quantitative estimate of drug-likeness (QED) is 0.837. The Balaban J connectivity index is 2.05. The molecule has 0 saturated carbocycles. The van der Waals surface area contributed by atoms with Gasteiger partial charge in [-0.25, -0.2) is 9.97 Å². The number of piperidine rings is 1. The molecule has 0 radical (unpaired) electrons. The van der Waals surface area contributed by atoms with Crippen molar-refractivity contribution in [2.24, 2.45) is 0 Å². The highest BCUT2D eigenvalue weighted by atomic mass is 16.5. The van der Waals surface area contributed by atoms with Gasteiger partial charge in [-0.05, 0) is 39.8 Å². The molecule has 2 heterocycles. The molecule has 0 amide bonds. The highest BCUT2D eigenvalue weighted by Gasteiger charge is 2.20. The lowest BCUT2D eigenvalue weighted by molar-refractivity contribution is 0.122. The van der Waals surface area contributed by atoms with Crippen molar-refractivity contribution in [1.29, 1.82) is 0 Å². The fraction of sp³-hybridized carbons (Fsp3) is 0.750. The summed E-state index contributed by atoms with van der Waals surface area (Å²) in [6.45, 7) is 6.99. The maximum atomic E-state index is 6.05. The van der Waals surface area contributed by atoms with Crippen LogP contribution in [0.3, 0.4) is 0 Å². The molecule has 1 unspecified atom stereocenters. The lowest BCUT2D eigenvalue weighted by Gasteiger charge is -2.32. The van der Waals surface area contributed by atoms with E-state index in [1.807, 2.05) is 0 Å². The van der Waals surface area contributed by atoms with Gasteiger partial charge in [0.2, 0.25) is 5.88 Å². The van der Waals surface area contributed by atoms with E-state index in [0.29, 0.717) is 6.04 Å². The van der Waals surface area contributed by atoms with Crippen LogP contribution in [0.2, 0.25) is 0 Å². The third-order valence-electron chi connectivity index (χ3n) is 4.08. The summed E-state index contributed by atoms with van der Waals surface area (Å²) in [7, 11) is 2.18. The molecule has 21 heavy (non-hydrogen) atoms. The molecular formula is C16H28N4O. The first-order chi connectivity index (χ1) is 10.3. The van der Waals surface area contributed by atoms with Gasteiger partial charge in [0.1, 0.15) is 18.8 Å². The number of likely N-dealkylation sites (N-methyl/N-ethyl adjacent to an activating group) is 1. The van der Waals surface area contributed by atoms with Crippen LogP contribution < -0.4 is 10.1 Å². The predicted molar refractivity (Wildman–Crippen MR) is 86.0 cm³/mol. The van der Waals surface area contributed by atoms with E-state index in [9.17, 15) is 0 Å². The van der Waals surface area contributed by atoms with Gasteiger partial charge in [0, 0.05) is 12.6 Å². The van der Waals surface area contributed by atoms with Crippen LogP contribution in [0.5, 0.6) is 5.88 Å². The monoisotopic (exact) mass is 292 g/mol. The normalized spacial score (nSPS) is 19.5. The van der Waals surface area contributed by atoms with E-state index in [4.69, 9.17) is 4.74 Å². The summed E-state index contributed by atoms with van der Waals surface area (Å²) < 4.78 is 6.05. The van der Waals surface area contributed by atoms with Crippen molar-refractivity contribution >= 4 is 5.82 Å². The minimum Gasteiger partial charge on any atom is -0.476 e. The molecule has 1 aromatic heterocycles. The van der Waals surface area contributed by atoms with Gasteiger partial charge < -0.3 is 15.0 Å². The number of nitrogens with one attached hydrogen (secondary N) is 1. The first-order valence-electron chi connectivity index (χ1n) is 8.17. The standard InChI is InChI=1S/C16H28N4O/c1-4-8-14-15(17-5-2)18-12-19-16(14)21-11-13-9-6-7-10-20(13)3/h12-13H,4-11H2,1-3H3,(H,17,18,19). The highest BCUT2D eigenvalue weighted by Crippen LogP contribution is 2.24. The number of aromatic nitrogens is 2. The topological polar surface area (TPSA) is 50.3 Å². The lowest BCUT2D eigenvalue weighted by Crippen LogP contribution is -2.40. The minimum absolute atomic E-state index is 0.505. The van der Waals surface area contributed by atoms with Crippen molar-refractivity contribution in [3.05, 3.63) is 11.9 Å². The molecule has 1 fully saturated rings. The van der Waals surface area contributed by atoms with Crippen LogP contribution in [0, 0.1) is 0 Å². The van der Waals surface area contributed by atoms with Crippen molar-refractivity contribution in [2.45, 2.75) is 52.0 Å². The Bertz CT molecular complexity index is 438. The van der Waals surface area contributed by atoms with E-state index in [2.05, 4.69) is 41.1 Å². The molecule has 5 heteroatoms. The van der Waals surface area contributed by atoms with Gasteiger partial charge in [0.15, 0.2) is 0 Å². The van der Waals surface area contributed by atoms with E-state index in [-0.39, 0.29) is 0 Å². The molecule has 0 aromatic carbocycles. The second-order valence-electron chi connectivity index (χ2n) is 5.73. The number of ether oxygens (including phenoxy) is 1. The molecule has 1 aliphatic heterocycles. The fourth-order valence-corrected chi connectivity index (χ4v) is 2.85.